The van der Waals surface area contributed by atoms with E-state index in [1.54, 1.807) is 26.2 Å². The van der Waals surface area contributed by atoms with Crippen LogP contribution >= 0.6 is 0 Å². The summed E-state index contributed by atoms with van der Waals surface area (Å²) in [6.07, 6.45) is 0.956. The Labute approximate surface area is 199 Å². The predicted molar refractivity (Wildman–Crippen MR) is 128 cm³/mol. The molecule has 178 valence electrons. The van der Waals surface area contributed by atoms with E-state index >= 15 is 0 Å². The topological polar surface area (TPSA) is 94.4 Å². The predicted octanol–water partition coefficient (Wildman–Crippen LogP) is 4.55. The number of Topliss-reactive ketones (excluding diaryl/α,β-unsaturated/α-hetero) is 1. The summed E-state index contributed by atoms with van der Waals surface area (Å²) >= 11 is 0. The summed E-state index contributed by atoms with van der Waals surface area (Å²) < 4.78 is 15.9. The number of nitrogens with zero attached hydrogens (tertiary/aromatic N) is 1. The Morgan fingerprint density at radius 1 is 1.06 bits per heavy atom. The number of aliphatic imine (C=N–C) groups is 1. The van der Waals surface area contributed by atoms with E-state index in [2.05, 4.69) is 0 Å². The number of allylic oxidation sites excluding steroid dienone is 1. The second kappa shape index (κ2) is 9.71. The van der Waals surface area contributed by atoms with Gasteiger partial charge in [0.1, 0.15) is 11.5 Å². The lowest BCUT2D eigenvalue weighted by molar-refractivity contribution is -0.136. The standard InChI is InChI=1S/C27H29NO6/c1-5-34-23-14-17(8-11-21(23)29)25-24(27(31)33-4)15(2)28-20-12-18(13-22(30)26(20)25)16-6-9-19(32-3)10-7-16/h6-11,14,18,25-26,29H,5,12-13H2,1-4H3/t18-,25+,26?/m1/s1. The van der Waals surface area contributed by atoms with E-state index in [-0.39, 0.29) is 17.5 Å². The number of fused-ring (bicyclic) bond motifs is 1. The van der Waals surface area contributed by atoms with E-state index in [0.717, 1.165) is 17.0 Å². The second-order valence-electron chi connectivity index (χ2n) is 8.55. The number of ketones is 1. The molecule has 0 spiro atoms. The van der Waals surface area contributed by atoms with Crippen LogP contribution in [0.2, 0.25) is 0 Å². The van der Waals surface area contributed by atoms with Gasteiger partial charge in [-0.3, -0.25) is 9.79 Å². The fourth-order valence-corrected chi connectivity index (χ4v) is 5.02. The van der Waals surface area contributed by atoms with E-state index in [1.165, 1.54) is 13.2 Å². The maximum absolute atomic E-state index is 13.6. The first-order valence-electron chi connectivity index (χ1n) is 11.4. The number of hydrogen-bond donors (Lipinski definition) is 1. The van der Waals surface area contributed by atoms with E-state index in [0.29, 0.717) is 42.0 Å². The van der Waals surface area contributed by atoms with Crippen molar-refractivity contribution < 1.29 is 28.9 Å². The molecule has 2 aliphatic rings. The van der Waals surface area contributed by atoms with Gasteiger partial charge in [-0.1, -0.05) is 18.2 Å². The molecule has 1 N–H and O–H groups in total. The van der Waals surface area contributed by atoms with Crippen molar-refractivity contribution in [1.82, 2.24) is 0 Å². The van der Waals surface area contributed by atoms with Gasteiger partial charge in [0.2, 0.25) is 0 Å². The molecule has 0 radical (unpaired) electrons. The Balaban J connectivity index is 1.77. The summed E-state index contributed by atoms with van der Waals surface area (Å²) in [4.78, 5) is 31.1. The maximum atomic E-state index is 13.6. The molecule has 0 saturated heterocycles. The molecule has 1 aliphatic heterocycles. The largest absolute Gasteiger partial charge is 0.504 e. The number of phenols is 1. The minimum atomic E-state index is -0.577. The molecule has 4 rings (SSSR count). The van der Waals surface area contributed by atoms with Crippen LogP contribution in [0.1, 0.15) is 49.7 Å². The molecule has 1 aliphatic carbocycles. The summed E-state index contributed by atoms with van der Waals surface area (Å²) in [5, 5.41) is 10.2. The smallest absolute Gasteiger partial charge is 0.336 e. The van der Waals surface area contributed by atoms with Crippen molar-refractivity contribution >= 4 is 17.5 Å². The molecule has 1 fully saturated rings. The van der Waals surface area contributed by atoms with Gasteiger partial charge in [0.25, 0.3) is 0 Å². The van der Waals surface area contributed by atoms with Gasteiger partial charge >= 0.3 is 5.97 Å². The molecular weight excluding hydrogens is 434 g/mol. The molecule has 0 aromatic heterocycles. The summed E-state index contributed by atoms with van der Waals surface area (Å²) in [6, 6.07) is 12.7. The van der Waals surface area contributed by atoms with Crippen LogP contribution < -0.4 is 9.47 Å². The van der Waals surface area contributed by atoms with Gasteiger partial charge in [-0.15, -0.1) is 0 Å². The van der Waals surface area contributed by atoms with E-state index in [4.69, 9.17) is 19.2 Å². The molecule has 1 saturated carbocycles. The molecule has 3 atom stereocenters. The van der Waals surface area contributed by atoms with Crippen molar-refractivity contribution in [2.75, 3.05) is 20.8 Å². The van der Waals surface area contributed by atoms with E-state index in [9.17, 15) is 14.7 Å². The number of aromatic hydroxyl groups is 1. The third kappa shape index (κ3) is 4.30. The van der Waals surface area contributed by atoms with Crippen LogP contribution in [0.5, 0.6) is 17.2 Å². The number of benzene rings is 2. The van der Waals surface area contributed by atoms with Crippen molar-refractivity contribution in [3.63, 3.8) is 0 Å². The molecule has 7 heteroatoms. The molecule has 2 aromatic rings. The Morgan fingerprint density at radius 2 is 1.76 bits per heavy atom. The monoisotopic (exact) mass is 463 g/mol. The molecule has 0 bridgehead atoms. The first-order valence-corrected chi connectivity index (χ1v) is 11.4. The SMILES string of the molecule is CCOc1cc([C@H]2C(C(=O)OC)=C(C)N=C3C[C@@H](c4ccc(OC)cc4)CC(=O)C32)ccc1O. The van der Waals surface area contributed by atoms with Gasteiger partial charge in [0, 0.05) is 23.7 Å². The molecular formula is C27H29NO6. The first kappa shape index (κ1) is 23.5. The fraction of sp³-hybridized carbons (Fsp3) is 0.370. The average Bonchev–Trinajstić information content (AvgIpc) is 2.84. The molecule has 0 amide bonds. The Kier molecular flexibility index (Phi) is 6.72. The van der Waals surface area contributed by atoms with Gasteiger partial charge in [0.05, 0.1) is 32.3 Å². The summed E-state index contributed by atoms with van der Waals surface area (Å²) in [6.45, 7) is 3.97. The highest BCUT2D eigenvalue weighted by Crippen LogP contribution is 2.47. The van der Waals surface area contributed by atoms with E-state index in [1.807, 2.05) is 31.2 Å². The lowest BCUT2D eigenvalue weighted by atomic mass is 9.66. The highest BCUT2D eigenvalue weighted by molar-refractivity contribution is 6.12. The minimum absolute atomic E-state index is 0.000311. The maximum Gasteiger partial charge on any atom is 0.336 e. The minimum Gasteiger partial charge on any atom is -0.504 e. The van der Waals surface area contributed by atoms with E-state index < -0.39 is 17.8 Å². The zero-order valence-corrected chi connectivity index (χ0v) is 19.8. The number of carbonyl (C=O) groups excluding carboxylic acids is 2. The van der Waals surface area contributed by atoms with Crippen LogP contribution in [0.4, 0.5) is 0 Å². The van der Waals surface area contributed by atoms with Crippen LogP contribution in [-0.4, -0.2) is 43.4 Å². The van der Waals surface area contributed by atoms with Gasteiger partial charge in [-0.2, -0.15) is 0 Å². The van der Waals surface area contributed by atoms with Crippen LogP contribution in [0.25, 0.3) is 0 Å². The highest BCUT2D eigenvalue weighted by Gasteiger charge is 2.46. The highest BCUT2D eigenvalue weighted by atomic mass is 16.5. The second-order valence-corrected chi connectivity index (χ2v) is 8.55. The molecule has 7 nitrogen and oxygen atoms in total. The summed E-state index contributed by atoms with van der Waals surface area (Å²) in [5.74, 6) is -0.555. The number of carbonyl (C=O) groups is 2. The molecule has 34 heavy (non-hydrogen) atoms. The lowest BCUT2D eigenvalue weighted by Crippen LogP contribution is -2.41. The van der Waals surface area contributed by atoms with Gasteiger partial charge in [0.15, 0.2) is 11.5 Å². The van der Waals surface area contributed by atoms with Crippen LogP contribution in [0, 0.1) is 5.92 Å². The van der Waals surface area contributed by atoms with Crippen molar-refractivity contribution in [1.29, 1.82) is 0 Å². The van der Waals surface area contributed by atoms with Gasteiger partial charge < -0.3 is 19.3 Å². The number of hydrogen-bond acceptors (Lipinski definition) is 7. The Bertz CT molecular complexity index is 1160. The van der Waals surface area contributed by atoms with Crippen molar-refractivity contribution in [2.24, 2.45) is 10.9 Å². The molecule has 2 aromatic carbocycles. The van der Waals surface area contributed by atoms with Crippen LogP contribution in [0.3, 0.4) is 0 Å². The van der Waals surface area contributed by atoms with Crippen LogP contribution in [0.15, 0.2) is 58.7 Å². The average molecular weight is 464 g/mol. The summed E-state index contributed by atoms with van der Waals surface area (Å²) in [5.41, 5.74) is 3.42. The lowest BCUT2D eigenvalue weighted by Gasteiger charge is -2.38. The van der Waals surface area contributed by atoms with Crippen molar-refractivity contribution in [3.05, 3.63) is 64.9 Å². The molecule has 1 heterocycles. The fourth-order valence-electron chi connectivity index (χ4n) is 5.02. The summed E-state index contributed by atoms with van der Waals surface area (Å²) in [7, 11) is 2.94. The van der Waals surface area contributed by atoms with Gasteiger partial charge in [-0.05, 0) is 61.6 Å². The van der Waals surface area contributed by atoms with Crippen molar-refractivity contribution in [2.45, 2.75) is 38.5 Å². The number of ether oxygens (including phenoxy) is 3. The third-order valence-electron chi connectivity index (χ3n) is 6.59. The number of esters is 1. The number of rotatable bonds is 6. The quantitative estimate of drug-likeness (QED) is 0.632. The van der Waals surface area contributed by atoms with Crippen molar-refractivity contribution in [3.8, 4) is 17.2 Å². The third-order valence-corrected chi connectivity index (χ3v) is 6.59. The Hall–Kier alpha value is -3.61. The zero-order chi connectivity index (χ0) is 24.4. The zero-order valence-electron chi connectivity index (χ0n) is 19.8. The normalized spacial score (nSPS) is 22.1. The van der Waals surface area contributed by atoms with Gasteiger partial charge in [-0.25, -0.2) is 4.79 Å². The first-order chi connectivity index (χ1) is 16.4. The van der Waals surface area contributed by atoms with Crippen LogP contribution in [-0.2, 0) is 14.3 Å². The number of phenolic OH excluding ortho intramolecular Hbond substituents is 1. The molecule has 1 unspecified atom stereocenters. The Morgan fingerprint density at radius 3 is 2.41 bits per heavy atom. The number of methoxy groups -OCH3 is 2.